The van der Waals surface area contributed by atoms with E-state index < -0.39 is 28.4 Å². The fourth-order valence-electron chi connectivity index (χ4n) is 1.37. The average Bonchev–Trinajstić information content (AvgIpc) is 2.25. The van der Waals surface area contributed by atoms with Crippen molar-refractivity contribution >= 4 is 11.0 Å². The van der Waals surface area contributed by atoms with Crippen LogP contribution in [0.4, 0.5) is 4.39 Å². The molecule has 0 aliphatic carbocycles. The van der Waals surface area contributed by atoms with Crippen LogP contribution in [0.25, 0.3) is 0 Å². The molecule has 94 valence electrons. The maximum atomic E-state index is 12.9. The summed E-state index contributed by atoms with van der Waals surface area (Å²) in [5.41, 5.74) is 0. The molecule has 1 aliphatic rings. The molecule has 3 unspecified atom stereocenters. The summed E-state index contributed by atoms with van der Waals surface area (Å²) >= 11 is 0. The highest BCUT2D eigenvalue weighted by Crippen LogP contribution is 2.17. The van der Waals surface area contributed by atoms with Crippen LogP contribution in [0.2, 0.25) is 0 Å². The Balaban J connectivity index is 2.55. The second-order valence-electron chi connectivity index (χ2n) is 4.88. The van der Waals surface area contributed by atoms with Gasteiger partial charge in [0, 0.05) is 0 Å². The lowest BCUT2D eigenvalue weighted by molar-refractivity contribution is 0.0842. The van der Waals surface area contributed by atoms with Gasteiger partial charge in [0.1, 0.15) is 12.8 Å². The van der Waals surface area contributed by atoms with Crippen molar-refractivity contribution in [2.24, 2.45) is 0 Å². The van der Waals surface area contributed by atoms with Crippen LogP contribution < -0.4 is 4.72 Å². The second kappa shape index (κ2) is 5.77. The van der Waals surface area contributed by atoms with Gasteiger partial charge in [-0.05, 0) is 39.7 Å². The molecule has 1 heterocycles. The summed E-state index contributed by atoms with van der Waals surface area (Å²) in [6.45, 7) is 4.99. The molecule has 3 atom stereocenters. The van der Waals surface area contributed by atoms with Gasteiger partial charge in [-0.1, -0.05) is 0 Å². The van der Waals surface area contributed by atoms with Crippen LogP contribution >= 0.6 is 0 Å². The first-order chi connectivity index (χ1) is 7.45. The Morgan fingerprint density at radius 2 is 2.31 bits per heavy atom. The predicted molar refractivity (Wildman–Crippen MR) is 64.0 cm³/mol. The second-order valence-corrected chi connectivity index (χ2v) is 6.88. The van der Waals surface area contributed by atoms with E-state index in [1.165, 1.54) is 0 Å². The third-order valence-electron chi connectivity index (χ3n) is 2.40. The van der Waals surface area contributed by atoms with Crippen LogP contribution in [0.15, 0.2) is 12.3 Å². The van der Waals surface area contributed by atoms with Gasteiger partial charge in [0.15, 0.2) is 0 Å². The zero-order valence-electron chi connectivity index (χ0n) is 10.0. The highest BCUT2D eigenvalue weighted by atomic mass is 32.2. The molecule has 1 aliphatic heterocycles. The molecule has 16 heavy (non-hydrogen) atoms. The summed E-state index contributed by atoms with van der Waals surface area (Å²) in [5, 5.41) is 0. The molecule has 5 heteroatoms. The Kier molecular flexibility index (Phi) is 4.92. The van der Waals surface area contributed by atoms with Crippen molar-refractivity contribution in [3.05, 3.63) is 12.3 Å². The van der Waals surface area contributed by atoms with Crippen molar-refractivity contribution in [2.75, 3.05) is 6.67 Å². The van der Waals surface area contributed by atoms with Crippen molar-refractivity contribution in [1.29, 1.82) is 0 Å². The molecule has 3 nitrogen and oxygen atoms in total. The van der Waals surface area contributed by atoms with Crippen LogP contribution in [0.1, 0.15) is 33.6 Å². The van der Waals surface area contributed by atoms with Gasteiger partial charge in [-0.2, -0.15) is 0 Å². The Hall–Kier alpha value is -0.420. The lowest BCUT2D eigenvalue weighted by atomic mass is 10.1. The minimum atomic E-state index is -1.26. The quantitative estimate of drug-likeness (QED) is 0.828. The summed E-state index contributed by atoms with van der Waals surface area (Å²) in [5.74, 6) is 0. The Bertz CT molecular complexity index is 276. The van der Waals surface area contributed by atoms with E-state index in [0.717, 1.165) is 12.8 Å². The standard InChI is InChI=1S/C11H20FNO2S/c1-11(2,3)16(14)13-9(8-12)10-6-4-5-7-15-10/h5,7,9-10,13H,4,6,8H2,1-3H3. The Morgan fingerprint density at radius 1 is 1.62 bits per heavy atom. The van der Waals surface area contributed by atoms with Gasteiger partial charge in [0.25, 0.3) is 0 Å². The third-order valence-corrected chi connectivity index (χ3v) is 4.03. The van der Waals surface area contributed by atoms with E-state index in [1.54, 1.807) is 6.26 Å². The van der Waals surface area contributed by atoms with Gasteiger partial charge >= 0.3 is 0 Å². The number of rotatable bonds is 4. The van der Waals surface area contributed by atoms with Gasteiger partial charge in [0.05, 0.1) is 28.0 Å². The molecule has 0 spiro atoms. The molecule has 0 bridgehead atoms. The molecule has 0 fully saturated rings. The minimum absolute atomic E-state index is 0.221. The van der Waals surface area contributed by atoms with Gasteiger partial charge < -0.3 is 4.74 Å². The number of halogens is 1. The maximum absolute atomic E-state index is 12.9. The number of alkyl halides is 1. The van der Waals surface area contributed by atoms with Crippen molar-refractivity contribution in [1.82, 2.24) is 4.72 Å². The fourth-order valence-corrected chi connectivity index (χ4v) is 2.21. The molecule has 0 amide bonds. The van der Waals surface area contributed by atoms with Crippen LogP contribution in [0, 0.1) is 0 Å². The monoisotopic (exact) mass is 249 g/mol. The number of nitrogens with one attached hydrogen (secondary N) is 1. The first-order valence-electron chi connectivity index (χ1n) is 5.49. The molecular formula is C11H20FNO2S. The lowest BCUT2D eigenvalue weighted by Gasteiger charge is -2.29. The van der Waals surface area contributed by atoms with Gasteiger partial charge in [-0.3, -0.25) is 0 Å². The average molecular weight is 249 g/mol. The minimum Gasteiger partial charge on any atom is -0.497 e. The molecule has 0 aromatic rings. The fraction of sp³-hybridized carbons (Fsp3) is 0.818. The van der Waals surface area contributed by atoms with Crippen LogP contribution in [0.3, 0.4) is 0 Å². The molecule has 1 rings (SSSR count). The van der Waals surface area contributed by atoms with Crippen molar-refractivity contribution in [2.45, 2.75) is 50.5 Å². The molecule has 0 aromatic heterocycles. The summed E-state index contributed by atoms with van der Waals surface area (Å²) in [4.78, 5) is 0. The molecular weight excluding hydrogens is 229 g/mol. The van der Waals surface area contributed by atoms with Crippen LogP contribution in [-0.4, -0.2) is 27.8 Å². The summed E-state index contributed by atoms with van der Waals surface area (Å²) < 4.78 is 32.5. The zero-order valence-corrected chi connectivity index (χ0v) is 10.8. The largest absolute Gasteiger partial charge is 0.497 e. The van der Waals surface area contributed by atoms with Crippen LogP contribution in [0.5, 0.6) is 0 Å². The SMILES string of the molecule is CC(C)(C)S(=O)NC(CF)C1CCC=CO1. The van der Waals surface area contributed by atoms with Crippen molar-refractivity contribution < 1.29 is 13.3 Å². The van der Waals surface area contributed by atoms with E-state index in [1.807, 2.05) is 26.8 Å². The maximum Gasteiger partial charge on any atom is 0.117 e. The summed E-state index contributed by atoms with van der Waals surface area (Å²) in [7, 11) is -1.26. The third kappa shape index (κ3) is 3.87. The Morgan fingerprint density at radius 3 is 2.75 bits per heavy atom. The lowest BCUT2D eigenvalue weighted by Crippen LogP contribution is -2.47. The molecule has 0 saturated heterocycles. The van der Waals surface area contributed by atoms with Crippen molar-refractivity contribution in [3.8, 4) is 0 Å². The topological polar surface area (TPSA) is 38.3 Å². The predicted octanol–water partition coefficient (Wildman–Crippen LogP) is 2.07. The first-order valence-corrected chi connectivity index (χ1v) is 6.64. The summed E-state index contributed by atoms with van der Waals surface area (Å²) in [6, 6.07) is -0.495. The van der Waals surface area contributed by atoms with E-state index in [9.17, 15) is 8.60 Å². The molecule has 0 radical (unpaired) electrons. The number of ether oxygens (including phenoxy) is 1. The molecule has 0 saturated carbocycles. The van der Waals surface area contributed by atoms with Gasteiger partial charge in [-0.25, -0.2) is 13.3 Å². The normalized spacial score (nSPS) is 24.9. The highest BCUT2D eigenvalue weighted by molar-refractivity contribution is 7.84. The van der Waals surface area contributed by atoms with E-state index in [0.29, 0.717) is 0 Å². The smallest absolute Gasteiger partial charge is 0.117 e. The number of allylic oxidation sites excluding steroid dienone is 1. The summed E-state index contributed by atoms with van der Waals surface area (Å²) in [6.07, 6.45) is 4.93. The molecule has 0 aromatic carbocycles. The first kappa shape index (κ1) is 13.6. The van der Waals surface area contributed by atoms with Crippen molar-refractivity contribution in [3.63, 3.8) is 0 Å². The van der Waals surface area contributed by atoms with Gasteiger partial charge in [-0.15, -0.1) is 0 Å². The number of hydrogen-bond donors (Lipinski definition) is 1. The van der Waals surface area contributed by atoms with E-state index in [-0.39, 0.29) is 6.10 Å². The molecule has 1 N–H and O–H groups in total. The van der Waals surface area contributed by atoms with E-state index in [4.69, 9.17) is 4.74 Å². The number of hydrogen-bond acceptors (Lipinski definition) is 2. The van der Waals surface area contributed by atoms with Crippen LogP contribution in [-0.2, 0) is 15.7 Å². The zero-order chi connectivity index (χ0) is 12.2. The Labute approximate surface area is 99.0 Å². The van der Waals surface area contributed by atoms with E-state index in [2.05, 4.69) is 4.72 Å². The van der Waals surface area contributed by atoms with E-state index >= 15 is 0 Å². The highest BCUT2D eigenvalue weighted by Gasteiger charge is 2.29. The van der Waals surface area contributed by atoms with Gasteiger partial charge in [0.2, 0.25) is 0 Å².